The normalized spacial score (nSPS) is 11.8. The van der Waals surface area contributed by atoms with Crippen molar-refractivity contribution in [1.82, 2.24) is 0 Å². The average Bonchev–Trinajstić information content (AvgIpc) is 3.10. The zero-order valence-electron chi connectivity index (χ0n) is 11.5. The standard InChI is InChI=1S/C13H9.C5H6.2ClH.Zr/c1-3-7-12-10(5-1)9-11-6-2-4-8-13(11)12;1-2-4-5-3-1;;;/h1-5,7-8H,9H2;1-4H,5H2;2*1H;/q-1;;;;+3/p-2. The Labute approximate surface area is 158 Å². The summed E-state index contributed by atoms with van der Waals surface area (Å²) in [5.74, 6) is 0. The van der Waals surface area contributed by atoms with Crippen LogP contribution in [0.25, 0.3) is 11.1 Å². The van der Waals surface area contributed by atoms with E-state index in [0.29, 0.717) is 0 Å². The van der Waals surface area contributed by atoms with Crippen molar-refractivity contribution in [2.45, 2.75) is 12.8 Å². The third kappa shape index (κ3) is 4.95. The van der Waals surface area contributed by atoms with Gasteiger partial charge in [-0.2, -0.15) is 29.8 Å². The molecule has 21 heavy (non-hydrogen) atoms. The third-order valence-electron chi connectivity index (χ3n) is 3.27. The van der Waals surface area contributed by atoms with Crippen molar-refractivity contribution >= 4 is 0 Å². The van der Waals surface area contributed by atoms with E-state index in [4.69, 9.17) is 0 Å². The second kappa shape index (κ2) is 10.2. The number of rotatable bonds is 0. The van der Waals surface area contributed by atoms with E-state index in [1.54, 1.807) is 0 Å². The van der Waals surface area contributed by atoms with Gasteiger partial charge in [0, 0.05) is 0 Å². The van der Waals surface area contributed by atoms with Crippen molar-refractivity contribution in [3.05, 3.63) is 84.0 Å². The van der Waals surface area contributed by atoms with Gasteiger partial charge in [0.25, 0.3) is 0 Å². The van der Waals surface area contributed by atoms with Gasteiger partial charge < -0.3 is 24.8 Å². The van der Waals surface area contributed by atoms with Crippen molar-refractivity contribution in [2.75, 3.05) is 0 Å². The summed E-state index contributed by atoms with van der Waals surface area (Å²) in [4.78, 5) is 0. The largest absolute Gasteiger partial charge is 3.00 e. The van der Waals surface area contributed by atoms with Crippen molar-refractivity contribution in [1.29, 1.82) is 0 Å². The summed E-state index contributed by atoms with van der Waals surface area (Å²) in [5.41, 5.74) is 5.51. The Morgan fingerprint density at radius 3 is 2.14 bits per heavy atom. The molecule has 4 rings (SSSR count). The van der Waals surface area contributed by atoms with Gasteiger partial charge in [-0.1, -0.05) is 59.7 Å². The van der Waals surface area contributed by atoms with Gasteiger partial charge in [-0.25, -0.2) is 0 Å². The van der Waals surface area contributed by atoms with Gasteiger partial charge in [0.15, 0.2) is 0 Å². The van der Waals surface area contributed by atoms with Crippen LogP contribution in [0.5, 0.6) is 0 Å². The summed E-state index contributed by atoms with van der Waals surface area (Å²) < 4.78 is 0. The minimum atomic E-state index is 0. The van der Waals surface area contributed by atoms with E-state index in [1.165, 1.54) is 22.3 Å². The quantitative estimate of drug-likeness (QED) is 0.411. The maximum Gasteiger partial charge on any atom is 3.00 e. The molecule has 105 valence electrons. The summed E-state index contributed by atoms with van der Waals surface area (Å²) in [5, 5.41) is 0. The van der Waals surface area contributed by atoms with Crippen molar-refractivity contribution in [3.63, 3.8) is 0 Å². The van der Waals surface area contributed by atoms with Crippen molar-refractivity contribution in [2.24, 2.45) is 0 Å². The molecule has 2 aromatic rings. The minimum absolute atomic E-state index is 0. The van der Waals surface area contributed by atoms with Gasteiger partial charge in [-0.3, -0.25) is 0 Å². The fraction of sp³-hybridized carbons (Fsp3) is 0.111. The molecule has 0 heterocycles. The Balaban J connectivity index is 0.000000437. The van der Waals surface area contributed by atoms with Gasteiger partial charge in [0.1, 0.15) is 0 Å². The molecule has 0 aromatic heterocycles. The summed E-state index contributed by atoms with van der Waals surface area (Å²) in [6.07, 6.45) is 10.5. The monoisotopic (exact) mass is 391 g/mol. The Morgan fingerprint density at radius 2 is 1.48 bits per heavy atom. The van der Waals surface area contributed by atoms with E-state index in [1.807, 2.05) is 6.07 Å². The van der Waals surface area contributed by atoms with Crippen LogP contribution < -0.4 is 24.8 Å². The summed E-state index contributed by atoms with van der Waals surface area (Å²) in [6.45, 7) is 0. The smallest absolute Gasteiger partial charge is 1.00 e. The molecule has 2 aliphatic rings. The average molecular weight is 393 g/mol. The van der Waals surface area contributed by atoms with Crippen LogP contribution in [0.15, 0.2) is 66.8 Å². The molecule has 0 amide bonds. The van der Waals surface area contributed by atoms with Crippen molar-refractivity contribution < 1.29 is 51.0 Å². The summed E-state index contributed by atoms with van der Waals surface area (Å²) in [6, 6.07) is 18.1. The molecule has 1 radical (unpaired) electrons. The second-order valence-electron chi connectivity index (χ2n) is 4.49. The second-order valence-corrected chi connectivity index (χ2v) is 4.49. The van der Waals surface area contributed by atoms with Gasteiger partial charge in [0.2, 0.25) is 0 Å². The Hall–Kier alpha value is -0.617. The van der Waals surface area contributed by atoms with Crippen LogP contribution in [0, 0.1) is 6.07 Å². The van der Waals surface area contributed by atoms with E-state index < -0.39 is 0 Å². The molecule has 3 heteroatoms. The van der Waals surface area contributed by atoms with E-state index in [0.717, 1.165) is 12.8 Å². The van der Waals surface area contributed by atoms with E-state index in [-0.39, 0.29) is 51.0 Å². The molecular weight excluding hydrogens is 378 g/mol. The van der Waals surface area contributed by atoms with Crippen LogP contribution in [-0.2, 0) is 32.6 Å². The van der Waals surface area contributed by atoms with Crippen LogP contribution in [-0.4, -0.2) is 0 Å². The number of fused-ring (bicyclic) bond motifs is 3. The molecule has 0 nitrogen and oxygen atoms in total. The molecule has 2 aromatic carbocycles. The molecule has 0 bridgehead atoms. The van der Waals surface area contributed by atoms with Gasteiger partial charge in [0.05, 0.1) is 0 Å². The minimum Gasteiger partial charge on any atom is -1.00 e. The van der Waals surface area contributed by atoms with Crippen LogP contribution in [0.1, 0.15) is 17.5 Å². The van der Waals surface area contributed by atoms with E-state index >= 15 is 0 Å². The first kappa shape index (κ1) is 20.4. The first-order valence-corrected chi connectivity index (χ1v) is 6.34. The summed E-state index contributed by atoms with van der Waals surface area (Å²) in [7, 11) is 0. The summed E-state index contributed by atoms with van der Waals surface area (Å²) >= 11 is 0. The fourth-order valence-corrected chi connectivity index (χ4v) is 2.39. The first-order chi connectivity index (χ1) is 8.95. The Kier molecular flexibility index (Phi) is 9.87. The van der Waals surface area contributed by atoms with Gasteiger partial charge >= 0.3 is 26.2 Å². The topological polar surface area (TPSA) is 0 Å². The Bertz CT molecular complexity index is 565. The molecule has 0 aliphatic heterocycles. The maximum absolute atomic E-state index is 3.30. The predicted molar refractivity (Wildman–Crippen MR) is 76.4 cm³/mol. The zero-order valence-corrected chi connectivity index (χ0v) is 15.5. The van der Waals surface area contributed by atoms with Gasteiger partial charge in [-0.15, -0.1) is 5.56 Å². The molecule has 0 spiro atoms. The zero-order chi connectivity index (χ0) is 12.2. The molecule has 0 atom stereocenters. The van der Waals surface area contributed by atoms with Crippen LogP contribution in [0.4, 0.5) is 0 Å². The number of hydrogen-bond donors (Lipinski definition) is 0. The molecule has 0 saturated carbocycles. The number of allylic oxidation sites excluding steroid dienone is 4. The van der Waals surface area contributed by atoms with Crippen molar-refractivity contribution in [3.8, 4) is 11.1 Å². The van der Waals surface area contributed by atoms with E-state index in [2.05, 4.69) is 66.8 Å². The predicted octanol–water partition coefficient (Wildman–Crippen LogP) is -1.43. The molecule has 0 unspecified atom stereocenters. The van der Waals surface area contributed by atoms with E-state index in [9.17, 15) is 0 Å². The number of halogens is 2. The SMILES string of the molecule is C1=CCC=C1.[Cl-].[Cl-].[Zr+3].[c-]1cccc2c1Cc1ccccc1-2. The molecule has 0 fully saturated rings. The molecule has 0 saturated heterocycles. The Morgan fingerprint density at radius 1 is 0.810 bits per heavy atom. The van der Waals surface area contributed by atoms with Crippen LogP contribution in [0.3, 0.4) is 0 Å². The van der Waals surface area contributed by atoms with Gasteiger partial charge in [-0.05, 0) is 12.8 Å². The van der Waals surface area contributed by atoms with Crippen LogP contribution in [0.2, 0.25) is 0 Å². The first-order valence-electron chi connectivity index (χ1n) is 6.34. The third-order valence-corrected chi connectivity index (χ3v) is 3.27. The van der Waals surface area contributed by atoms with Crippen LogP contribution >= 0.6 is 0 Å². The molecular formula is C18H15Cl2Zr. The number of benzene rings is 2. The maximum atomic E-state index is 3.30. The molecule has 2 aliphatic carbocycles. The fourth-order valence-electron chi connectivity index (χ4n) is 2.39. The molecule has 0 N–H and O–H groups in total. The number of hydrogen-bond acceptors (Lipinski definition) is 0.